The third-order valence-electron chi connectivity index (χ3n) is 3.40. The van der Waals surface area contributed by atoms with Crippen LogP contribution in [0.3, 0.4) is 0 Å². The number of ether oxygens (including phenoxy) is 2. The van der Waals surface area contributed by atoms with Crippen molar-refractivity contribution >= 4 is 11.6 Å². The molecular weight excluding hydrogens is 292 g/mol. The number of hydrogen-bond acceptors (Lipinski definition) is 4. The summed E-state index contributed by atoms with van der Waals surface area (Å²) in [4.78, 5) is 8.57. The van der Waals surface area contributed by atoms with E-state index in [0.29, 0.717) is 25.7 Å². The summed E-state index contributed by atoms with van der Waals surface area (Å²) in [5.41, 5.74) is 7.75. The Morgan fingerprint density at radius 2 is 2.04 bits per heavy atom. The quantitative estimate of drug-likeness (QED) is 0.668. The summed E-state index contributed by atoms with van der Waals surface area (Å²) in [5, 5.41) is 3.07. The minimum atomic E-state index is 0.371. The molecule has 1 aliphatic rings. The Kier molecular flexibility index (Phi) is 4.93. The van der Waals surface area contributed by atoms with Crippen molar-refractivity contribution in [3.05, 3.63) is 48.3 Å². The number of hydrogen-bond donors (Lipinski definition) is 2. The Morgan fingerprint density at radius 1 is 1.17 bits per heavy atom. The van der Waals surface area contributed by atoms with E-state index in [9.17, 15) is 0 Å². The molecule has 6 nitrogen and oxygen atoms in total. The number of aromatic nitrogens is 1. The lowest BCUT2D eigenvalue weighted by Gasteiger charge is -2.10. The van der Waals surface area contributed by atoms with E-state index >= 15 is 0 Å². The van der Waals surface area contributed by atoms with Crippen molar-refractivity contribution in [1.29, 1.82) is 0 Å². The van der Waals surface area contributed by atoms with Crippen LogP contribution in [0.5, 0.6) is 11.5 Å². The van der Waals surface area contributed by atoms with E-state index in [-0.39, 0.29) is 0 Å². The fourth-order valence-electron chi connectivity index (χ4n) is 2.27. The van der Waals surface area contributed by atoms with Crippen LogP contribution in [0, 0.1) is 0 Å². The summed E-state index contributed by atoms with van der Waals surface area (Å²) < 4.78 is 11.3. The van der Waals surface area contributed by atoms with E-state index < -0.39 is 0 Å². The number of pyridine rings is 1. The van der Waals surface area contributed by atoms with Crippen molar-refractivity contribution < 1.29 is 9.47 Å². The fourth-order valence-corrected chi connectivity index (χ4v) is 2.27. The van der Waals surface area contributed by atoms with Gasteiger partial charge in [0.15, 0.2) is 17.5 Å². The van der Waals surface area contributed by atoms with Crippen LogP contribution < -0.4 is 20.5 Å². The van der Waals surface area contributed by atoms with Gasteiger partial charge in [0.25, 0.3) is 0 Å². The molecule has 0 aliphatic carbocycles. The van der Waals surface area contributed by atoms with Crippen LogP contribution in [0.15, 0.2) is 47.6 Å². The molecule has 0 radical (unpaired) electrons. The summed E-state index contributed by atoms with van der Waals surface area (Å²) in [5.74, 6) is 1.86. The molecule has 2 heterocycles. The lowest BCUT2D eigenvalue weighted by molar-refractivity contribution is 0.297. The number of rotatable bonds is 4. The molecule has 1 aliphatic heterocycles. The van der Waals surface area contributed by atoms with Gasteiger partial charge in [-0.15, -0.1) is 0 Å². The normalized spacial score (nSPS) is 14.2. The van der Waals surface area contributed by atoms with Crippen LogP contribution in [0.1, 0.15) is 12.1 Å². The fraction of sp³-hybridized carbons (Fsp3) is 0.294. The van der Waals surface area contributed by atoms with Gasteiger partial charge >= 0.3 is 0 Å². The van der Waals surface area contributed by atoms with Gasteiger partial charge in [-0.05, 0) is 24.3 Å². The molecule has 2 aromatic rings. The van der Waals surface area contributed by atoms with E-state index in [1.165, 1.54) is 0 Å². The molecule has 120 valence electrons. The monoisotopic (exact) mass is 312 g/mol. The highest BCUT2D eigenvalue weighted by atomic mass is 16.5. The first-order chi connectivity index (χ1) is 11.3. The van der Waals surface area contributed by atoms with Gasteiger partial charge in [-0.1, -0.05) is 6.07 Å². The second-order valence-electron chi connectivity index (χ2n) is 5.18. The topological polar surface area (TPSA) is 81.8 Å². The van der Waals surface area contributed by atoms with Gasteiger partial charge < -0.3 is 20.5 Å². The van der Waals surface area contributed by atoms with E-state index in [1.807, 2.05) is 36.4 Å². The Balaban J connectivity index is 1.58. The summed E-state index contributed by atoms with van der Waals surface area (Å²) in [6, 6.07) is 11.5. The number of benzene rings is 1. The highest BCUT2D eigenvalue weighted by Gasteiger charge is 2.10. The van der Waals surface area contributed by atoms with Crippen LogP contribution in [0.2, 0.25) is 0 Å². The van der Waals surface area contributed by atoms with Crippen LogP contribution in [0.25, 0.3) is 0 Å². The largest absolute Gasteiger partial charge is 0.490 e. The number of guanidine groups is 1. The molecule has 1 aromatic heterocycles. The zero-order valence-electron chi connectivity index (χ0n) is 12.9. The van der Waals surface area contributed by atoms with Crippen molar-refractivity contribution in [1.82, 2.24) is 4.98 Å². The highest BCUT2D eigenvalue weighted by Crippen LogP contribution is 2.32. The third-order valence-corrected chi connectivity index (χ3v) is 3.40. The number of fused-ring (bicyclic) bond motifs is 1. The van der Waals surface area contributed by atoms with Crippen LogP contribution in [0.4, 0.5) is 5.69 Å². The summed E-state index contributed by atoms with van der Waals surface area (Å²) in [6.07, 6.45) is 3.41. The van der Waals surface area contributed by atoms with Gasteiger partial charge in [-0.2, -0.15) is 0 Å². The molecule has 3 N–H and O–H groups in total. The van der Waals surface area contributed by atoms with E-state index in [4.69, 9.17) is 15.2 Å². The molecule has 23 heavy (non-hydrogen) atoms. The second kappa shape index (κ2) is 7.49. The molecule has 0 fully saturated rings. The van der Waals surface area contributed by atoms with Crippen molar-refractivity contribution in [2.45, 2.75) is 12.8 Å². The molecule has 0 unspecified atom stereocenters. The van der Waals surface area contributed by atoms with Crippen molar-refractivity contribution in [3.8, 4) is 11.5 Å². The molecule has 1 aromatic carbocycles. The molecule has 0 saturated carbocycles. The molecule has 0 atom stereocenters. The van der Waals surface area contributed by atoms with E-state index in [1.54, 1.807) is 6.20 Å². The SMILES string of the molecule is NC(=NCCc1ccccn1)Nc1ccc2c(c1)OCCCO2. The summed E-state index contributed by atoms with van der Waals surface area (Å²) in [7, 11) is 0. The number of anilines is 1. The molecule has 0 saturated heterocycles. The average molecular weight is 312 g/mol. The molecular formula is C17H20N4O2. The van der Waals surface area contributed by atoms with E-state index in [0.717, 1.165) is 35.7 Å². The van der Waals surface area contributed by atoms with Gasteiger partial charge in [0.05, 0.1) is 13.2 Å². The van der Waals surface area contributed by atoms with Crippen molar-refractivity contribution in [2.24, 2.45) is 10.7 Å². The highest BCUT2D eigenvalue weighted by molar-refractivity contribution is 5.92. The van der Waals surface area contributed by atoms with Gasteiger partial charge in [-0.25, -0.2) is 0 Å². The molecule has 0 amide bonds. The molecule has 6 heteroatoms. The van der Waals surface area contributed by atoms with Gasteiger partial charge in [0.2, 0.25) is 0 Å². The molecule has 0 bridgehead atoms. The third kappa shape index (κ3) is 4.35. The predicted molar refractivity (Wildman–Crippen MR) is 90.1 cm³/mol. The maximum atomic E-state index is 5.92. The number of nitrogens with one attached hydrogen (secondary N) is 1. The van der Waals surface area contributed by atoms with Crippen LogP contribution in [-0.2, 0) is 6.42 Å². The zero-order valence-corrected chi connectivity index (χ0v) is 12.9. The summed E-state index contributed by atoms with van der Waals surface area (Å²) >= 11 is 0. The number of aliphatic imine (C=N–C) groups is 1. The second-order valence-corrected chi connectivity index (χ2v) is 5.18. The lowest BCUT2D eigenvalue weighted by Crippen LogP contribution is -2.23. The van der Waals surface area contributed by atoms with Crippen LogP contribution in [-0.4, -0.2) is 30.7 Å². The Bertz CT molecular complexity index is 674. The lowest BCUT2D eigenvalue weighted by atomic mass is 10.2. The van der Waals surface area contributed by atoms with Gasteiger partial charge in [0, 0.05) is 43.0 Å². The summed E-state index contributed by atoms with van der Waals surface area (Å²) in [6.45, 7) is 1.92. The number of nitrogens with two attached hydrogens (primary N) is 1. The first-order valence-electron chi connectivity index (χ1n) is 7.68. The zero-order chi connectivity index (χ0) is 15.9. The molecule has 3 rings (SSSR count). The van der Waals surface area contributed by atoms with Gasteiger partial charge in [0.1, 0.15) is 0 Å². The maximum Gasteiger partial charge on any atom is 0.193 e. The first-order valence-corrected chi connectivity index (χ1v) is 7.68. The van der Waals surface area contributed by atoms with Crippen molar-refractivity contribution in [2.75, 3.05) is 25.1 Å². The Labute approximate surface area is 135 Å². The number of nitrogens with zero attached hydrogens (tertiary/aromatic N) is 2. The Hall–Kier alpha value is -2.76. The molecule has 0 spiro atoms. The average Bonchev–Trinajstić information content (AvgIpc) is 2.81. The smallest absolute Gasteiger partial charge is 0.193 e. The maximum absolute atomic E-state index is 5.92. The van der Waals surface area contributed by atoms with Gasteiger partial charge in [-0.3, -0.25) is 9.98 Å². The minimum absolute atomic E-state index is 0.371. The minimum Gasteiger partial charge on any atom is -0.490 e. The van der Waals surface area contributed by atoms with Crippen LogP contribution >= 0.6 is 0 Å². The first kappa shape index (κ1) is 15.1. The van der Waals surface area contributed by atoms with E-state index in [2.05, 4.69) is 15.3 Å². The van der Waals surface area contributed by atoms with Crippen molar-refractivity contribution in [3.63, 3.8) is 0 Å². The predicted octanol–water partition coefficient (Wildman–Crippen LogP) is 2.21. The Morgan fingerprint density at radius 3 is 2.87 bits per heavy atom. The standard InChI is InChI=1S/C17H20N4O2/c18-17(20-9-7-13-4-1-2-8-19-13)21-14-5-6-15-16(12-14)23-11-3-10-22-15/h1-2,4-6,8,12H,3,7,9-11H2,(H3,18,20,21).